The Bertz CT molecular complexity index is 374. The van der Waals surface area contributed by atoms with Crippen LogP contribution in [0.15, 0.2) is 0 Å². The minimum atomic E-state index is -3.69. The molecule has 1 atom stereocenters. The highest BCUT2D eigenvalue weighted by atomic mass is 32.2. The van der Waals surface area contributed by atoms with Crippen LogP contribution in [-0.2, 0) is 19.6 Å². The minimum absolute atomic E-state index is 0.0499. The molecule has 1 aliphatic carbocycles. The molecule has 0 aromatic heterocycles. The molecule has 1 rings (SSSR count). The number of ether oxygens (including phenoxy) is 1. The standard InChI is InChI=1S/C10H19NO5S/c1-8(9(13)16-2)17(14,15)11-7-10(3-4-10)5-6-12/h8,11-12H,3-7H2,1-2H3. The zero-order valence-electron chi connectivity index (χ0n) is 10.1. The van der Waals surface area contributed by atoms with Gasteiger partial charge in [0.25, 0.3) is 0 Å². The molecule has 2 N–H and O–H groups in total. The summed E-state index contributed by atoms with van der Waals surface area (Å²) in [6, 6.07) is 0. The van der Waals surface area contributed by atoms with Gasteiger partial charge in [-0.1, -0.05) is 0 Å². The van der Waals surface area contributed by atoms with E-state index in [0.717, 1.165) is 20.0 Å². The summed E-state index contributed by atoms with van der Waals surface area (Å²) in [6.45, 7) is 1.62. The number of carbonyl (C=O) groups excluding carboxylic acids is 1. The summed E-state index contributed by atoms with van der Waals surface area (Å²) in [5.74, 6) is -0.774. The average Bonchev–Trinajstić information content (AvgIpc) is 3.05. The molecule has 1 saturated carbocycles. The first kappa shape index (κ1) is 14.4. The normalized spacial score (nSPS) is 19.7. The van der Waals surface area contributed by atoms with Gasteiger partial charge >= 0.3 is 5.97 Å². The van der Waals surface area contributed by atoms with E-state index in [1.165, 1.54) is 6.92 Å². The fraction of sp³-hybridized carbons (Fsp3) is 0.900. The molecule has 0 aromatic rings. The van der Waals surface area contributed by atoms with Crippen molar-refractivity contribution >= 4 is 16.0 Å². The molecule has 0 spiro atoms. The number of nitrogens with one attached hydrogen (secondary N) is 1. The molecular weight excluding hydrogens is 246 g/mol. The summed E-state index contributed by atoms with van der Waals surface area (Å²) in [7, 11) is -2.53. The molecule has 0 aromatic carbocycles. The van der Waals surface area contributed by atoms with E-state index in [1.54, 1.807) is 0 Å². The molecular formula is C10H19NO5S. The molecule has 100 valence electrons. The summed E-state index contributed by atoms with van der Waals surface area (Å²) >= 11 is 0. The number of methoxy groups -OCH3 is 1. The Morgan fingerprint density at radius 2 is 2.12 bits per heavy atom. The Morgan fingerprint density at radius 1 is 1.53 bits per heavy atom. The van der Waals surface area contributed by atoms with E-state index in [9.17, 15) is 13.2 Å². The van der Waals surface area contributed by atoms with Crippen LogP contribution in [0.2, 0.25) is 0 Å². The second kappa shape index (κ2) is 5.32. The van der Waals surface area contributed by atoms with Crippen LogP contribution in [0.5, 0.6) is 0 Å². The number of hydrogen-bond acceptors (Lipinski definition) is 5. The van der Waals surface area contributed by atoms with Gasteiger partial charge in [-0.25, -0.2) is 13.1 Å². The lowest BCUT2D eigenvalue weighted by Crippen LogP contribution is -2.40. The number of rotatable bonds is 7. The van der Waals surface area contributed by atoms with Crippen LogP contribution >= 0.6 is 0 Å². The summed E-state index contributed by atoms with van der Waals surface area (Å²) in [4.78, 5) is 11.1. The smallest absolute Gasteiger partial charge is 0.325 e. The molecule has 0 radical (unpaired) electrons. The van der Waals surface area contributed by atoms with E-state index >= 15 is 0 Å². The monoisotopic (exact) mass is 265 g/mol. The molecule has 7 heteroatoms. The zero-order valence-corrected chi connectivity index (χ0v) is 10.9. The molecule has 1 fully saturated rings. The van der Waals surface area contributed by atoms with Crippen LogP contribution in [0, 0.1) is 5.41 Å². The van der Waals surface area contributed by atoms with Crippen molar-refractivity contribution < 1.29 is 23.1 Å². The SMILES string of the molecule is COC(=O)C(C)S(=O)(=O)NCC1(CCO)CC1. The van der Waals surface area contributed by atoms with E-state index in [4.69, 9.17) is 5.11 Å². The van der Waals surface area contributed by atoms with Crippen molar-refractivity contribution in [2.45, 2.75) is 31.4 Å². The van der Waals surface area contributed by atoms with Crippen molar-refractivity contribution in [3.63, 3.8) is 0 Å². The summed E-state index contributed by atoms with van der Waals surface area (Å²) in [6.07, 6.45) is 2.40. The summed E-state index contributed by atoms with van der Waals surface area (Å²) < 4.78 is 30.3. The maximum Gasteiger partial charge on any atom is 0.325 e. The highest BCUT2D eigenvalue weighted by Crippen LogP contribution is 2.48. The number of hydrogen-bond donors (Lipinski definition) is 2. The fourth-order valence-electron chi connectivity index (χ4n) is 1.60. The summed E-state index contributed by atoms with van der Waals surface area (Å²) in [5, 5.41) is 7.64. The van der Waals surface area contributed by atoms with Gasteiger partial charge < -0.3 is 9.84 Å². The van der Waals surface area contributed by atoms with Crippen LogP contribution in [-0.4, -0.2) is 45.0 Å². The van der Waals surface area contributed by atoms with Gasteiger partial charge in [0, 0.05) is 13.2 Å². The Hall–Kier alpha value is -0.660. The first-order chi connectivity index (χ1) is 7.87. The zero-order chi connectivity index (χ0) is 13.1. The predicted octanol–water partition coefficient (Wildman–Crippen LogP) is -0.370. The minimum Gasteiger partial charge on any atom is -0.468 e. The van der Waals surface area contributed by atoms with Crippen LogP contribution in [0.25, 0.3) is 0 Å². The van der Waals surface area contributed by atoms with Crippen molar-refractivity contribution in [2.24, 2.45) is 5.41 Å². The van der Waals surface area contributed by atoms with E-state index in [0.29, 0.717) is 6.42 Å². The lowest BCUT2D eigenvalue weighted by Gasteiger charge is -2.17. The molecule has 1 aliphatic rings. The van der Waals surface area contributed by atoms with E-state index in [-0.39, 0.29) is 18.6 Å². The van der Waals surface area contributed by atoms with Crippen LogP contribution in [0.4, 0.5) is 0 Å². The quantitative estimate of drug-likeness (QED) is 0.613. The molecule has 17 heavy (non-hydrogen) atoms. The van der Waals surface area contributed by atoms with Gasteiger partial charge in [0.2, 0.25) is 10.0 Å². The third-order valence-electron chi connectivity index (χ3n) is 3.25. The molecule has 0 amide bonds. The summed E-state index contributed by atoms with van der Waals surface area (Å²) in [5.41, 5.74) is -0.113. The molecule has 6 nitrogen and oxygen atoms in total. The highest BCUT2D eigenvalue weighted by Gasteiger charge is 2.43. The van der Waals surface area contributed by atoms with Crippen molar-refractivity contribution in [2.75, 3.05) is 20.3 Å². The molecule has 1 unspecified atom stereocenters. The number of aliphatic hydroxyl groups is 1. The lowest BCUT2D eigenvalue weighted by atomic mass is 10.0. The maximum atomic E-state index is 11.7. The van der Waals surface area contributed by atoms with Crippen LogP contribution in [0.3, 0.4) is 0 Å². The van der Waals surface area contributed by atoms with Gasteiger partial charge in [-0.05, 0) is 31.6 Å². The molecule has 0 saturated heterocycles. The largest absolute Gasteiger partial charge is 0.468 e. The fourth-order valence-corrected chi connectivity index (χ4v) is 2.71. The molecule has 0 aliphatic heterocycles. The van der Waals surface area contributed by atoms with Gasteiger partial charge in [0.1, 0.15) is 0 Å². The van der Waals surface area contributed by atoms with Gasteiger partial charge in [-0.3, -0.25) is 4.79 Å². The Morgan fingerprint density at radius 3 is 2.53 bits per heavy atom. The number of esters is 1. The van der Waals surface area contributed by atoms with Crippen LogP contribution in [0.1, 0.15) is 26.2 Å². The topological polar surface area (TPSA) is 92.7 Å². The van der Waals surface area contributed by atoms with Crippen LogP contribution < -0.4 is 4.72 Å². The highest BCUT2D eigenvalue weighted by molar-refractivity contribution is 7.90. The average molecular weight is 265 g/mol. The Labute approximate surface area is 101 Å². The van der Waals surface area contributed by atoms with Gasteiger partial charge in [0.05, 0.1) is 7.11 Å². The van der Waals surface area contributed by atoms with Crippen molar-refractivity contribution in [1.82, 2.24) is 4.72 Å². The van der Waals surface area contributed by atoms with Gasteiger partial charge in [-0.2, -0.15) is 0 Å². The number of sulfonamides is 1. The third kappa shape index (κ3) is 3.65. The maximum absolute atomic E-state index is 11.7. The Balaban J connectivity index is 2.53. The van der Waals surface area contributed by atoms with E-state index in [2.05, 4.69) is 9.46 Å². The van der Waals surface area contributed by atoms with E-state index in [1.807, 2.05) is 0 Å². The van der Waals surface area contributed by atoms with Gasteiger partial charge in [-0.15, -0.1) is 0 Å². The van der Waals surface area contributed by atoms with Crippen molar-refractivity contribution in [3.05, 3.63) is 0 Å². The number of aliphatic hydroxyl groups excluding tert-OH is 1. The van der Waals surface area contributed by atoms with Crippen molar-refractivity contribution in [1.29, 1.82) is 0 Å². The van der Waals surface area contributed by atoms with E-state index < -0.39 is 21.2 Å². The lowest BCUT2D eigenvalue weighted by molar-refractivity contribution is -0.139. The number of carbonyl (C=O) groups is 1. The first-order valence-corrected chi connectivity index (χ1v) is 7.09. The second-order valence-electron chi connectivity index (χ2n) is 4.51. The second-order valence-corrected chi connectivity index (χ2v) is 6.59. The van der Waals surface area contributed by atoms with Crippen molar-refractivity contribution in [3.8, 4) is 0 Å². The van der Waals surface area contributed by atoms with Gasteiger partial charge in [0.15, 0.2) is 5.25 Å². The third-order valence-corrected chi connectivity index (χ3v) is 4.92. The predicted molar refractivity (Wildman–Crippen MR) is 61.8 cm³/mol. The first-order valence-electron chi connectivity index (χ1n) is 5.54. The molecule has 0 heterocycles. The Kier molecular flexibility index (Phi) is 4.51. The molecule has 0 bridgehead atoms.